The van der Waals surface area contributed by atoms with Crippen LogP contribution in [0, 0.1) is 0 Å². The maximum atomic E-state index is 12.5. The number of rotatable bonds is 7. The van der Waals surface area contributed by atoms with Gasteiger partial charge >= 0.3 is 6.18 Å². The van der Waals surface area contributed by atoms with Crippen LogP contribution in [0.5, 0.6) is 5.75 Å². The zero-order chi connectivity index (χ0) is 15.2. The Hall–Kier alpha value is -1.19. The van der Waals surface area contributed by atoms with Gasteiger partial charge in [-0.05, 0) is 42.4 Å². The summed E-state index contributed by atoms with van der Waals surface area (Å²) < 4.78 is 37.6. The van der Waals surface area contributed by atoms with Crippen LogP contribution >= 0.6 is 0 Å². The fourth-order valence-electron chi connectivity index (χ4n) is 2.28. The predicted molar refractivity (Wildman–Crippen MR) is 75.1 cm³/mol. The molecule has 0 spiro atoms. The Kier molecular flexibility index (Phi) is 6.37. The fraction of sp³-hybridized carbons (Fsp3) is 0.625. The number of phenolic OH excluding ortho intramolecular Hbond substituents is 1. The third-order valence-corrected chi connectivity index (χ3v) is 3.33. The summed E-state index contributed by atoms with van der Waals surface area (Å²) in [5.41, 5.74) is 1.56. The van der Waals surface area contributed by atoms with Gasteiger partial charge in [0.15, 0.2) is 0 Å². The maximum absolute atomic E-state index is 12.5. The standard InChI is InChI=1S/C16H23F3O/c1-3-5-7-13-9-12(11-16(17,18)19)10-14(15(13)20)8-6-4-2/h9-10,20H,3-8,11H2,1-2H3. The molecule has 114 valence electrons. The molecule has 1 nitrogen and oxygen atoms in total. The molecule has 0 aromatic heterocycles. The van der Waals surface area contributed by atoms with E-state index in [1.54, 1.807) is 0 Å². The lowest BCUT2D eigenvalue weighted by atomic mass is 9.96. The summed E-state index contributed by atoms with van der Waals surface area (Å²) >= 11 is 0. The van der Waals surface area contributed by atoms with Crippen LogP contribution in [0.4, 0.5) is 13.2 Å². The maximum Gasteiger partial charge on any atom is 0.393 e. The molecule has 0 unspecified atom stereocenters. The van der Waals surface area contributed by atoms with E-state index in [9.17, 15) is 18.3 Å². The van der Waals surface area contributed by atoms with Gasteiger partial charge < -0.3 is 5.11 Å². The lowest BCUT2D eigenvalue weighted by Gasteiger charge is -2.14. The molecule has 0 saturated heterocycles. The van der Waals surface area contributed by atoms with Crippen molar-refractivity contribution in [2.75, 3.05) is 0 Å². The molecule has 1 N–H and O–H groups in total. The number of hydrogen-bond acceptors (Lipinski definition) is 1. The van der Waals surface area contributed by atoms with Crippen LogP contribution in [0.15, 0.2) is 12.1 Å². The van der Waals surface area contributed by atoms with Crippen molar-refractivity contribution in [1.82, 2.24) is 0 Å². The predicted octanol–water partition coefficient (Wildman–Crippen LogP) is 5.18. The van der Waals surface area contributed by atoms with Gasteiger partial charge in [-0.2, -0.15) is 13.2 Å². The van der Waals surface area contributed by atoms with Gasteiger partial charge in [-0.1, -0.05) is 38.8 Å². The molecule has 1 aromatic carbocycles. The van der Waals surface area contributed by atoms with Gasteiger partial charge in [0.2, 0.25) is 0 Å². The number of phenols is 1. The van der Waals surface area contributed by atoms with Crippen LogP contribution < -0.4 is 0 Å². The first-order valence-corrected chi connectivity index (χ1v) is 7.27. The number of halogens is 3. The van der Waals surface area contributed by atoms with E-state index in [0.29, 0.717) is 24.0 Å². The molecule has 1 aromatic rings. The molecule has 1 rings (SSSR count). The topological polar surface area (TPSA) is 20.2 Å². The van der Waals surface area contributed by atoms with Gasteiger partial charge in [0, 0.05) is 0 Å². The summed E-state index contributed by atoms with van der Waals surface area (Å²) in [6.07, 6.45) is -0.222. The molecule has 20 heavy (non-hydrogen) atoms. The van der Waals surface area contributed by atoms with Crippen molar-refractivity contribution in [3.8, 4) is 5.75 Å². The van der Waals surface area contributed by atoms with Crippen LogP contribution in [0.25, 0.3) is 0 Å². The summed E-state index contributed by atoms with van der Waals surface area (Å²) in [7, 11) is 0. The van der Waals surface area contributed by atoms with Crippen molar-refractivity contribution in [3.05, 3.63) is 28.8 Å². The van der Waals surface area contributed by atoms with Crippen LogP contribution in [-0.4, -0.2) is 11.3 Å². The molecule has 0 radical (unpaired) electrons. The van der Waals surface area contributed by atoms with E-state index in [-0.39, 0.29) is 11.3 Å². The van der Waals surface area contributed by atoms with Crippen molar-refractivity contribution in [2.45, 2.75) is 65.0 Å². The SMILES string of the molecule is CCCCc1cc(CC(F)(F)F)cc(CCCC)c1O. The molecule has 0 atom stereocenters. The molecule has 4 heteroatoms. The second-order valence-corrected chi connectivity index (χ2v) is 5.26. The summed E-state index contributed by atoms with van der Waals surface area (Å²) in [5.74, 6) is 0.192. The lowest BCUT2D eigenvalue weighted by molar-refractivity contribution is -0.127. The molecule has 0 fully saturated rings. The van der Waals surface area contributed by atoms with E-state index in [2.05, 4.69) is 0 Å². The average Bonchev–Trinajstić information content (AvgIpc) is 2.35. The van der Waals surface area contributed by atoms with Gasteiger partial charge in [-0.15, -0.1) is 0 Å². The first kappa shape index (κ1) is 16.9. The monoisotopic (exact) mass is 288 g/mol. The minimum atomic E-state index is -4.21. The minimum Gasteiger partial charge on any atom is -0.507 e. The van der Waals surface area contributed by atoms with Crippen molar-refractivity contribution >= 4 is 0 Å². The molecule has 0 heterocycles. The van der Waals surface area contributed by atoms with E-state index in [0.717, 1.165) is 25.7 Å². The van der Waals surface area contributed by atoms with E-state index in [1.165, 1.54) is 12.1 Å². The Morgan fingerprint density at radius 2 is 1.40 bits per heavy atom. The van der Waals surface area contributed by atoms with Crippen molar-refractivity contribution in [3.63, 3.8) is 0 Å². The zero-order valence-electron chi connectivity index (χ0n) is 12.2. The summed E-state index contributed by atoms with van der Waals surface area (Å²) in [6, 6.07) is 3.02. The fourth-order valence-corrected chi connectivity index (χ4v) is 2.28. The Morgan fingerprint density at radius 1 is 0.950 bits per heavy atom. The molecule has 0 aliphatic heterocycles. The van der Waals surface area contributed by atoms with E-state index in [1.807, 2.05) is 13.8 Å². The quantitative estimate of drug-likeness (QED) is 0.732. The van der Waals surface area contributed by atoms with Gasteiger partial charge in [-0.3, -0.25) is 0 Å². The van der Waals surface area contributed by atoms with E-state index in [4.69, 9.17) is 0 Å². The first-order valence-electron chi connectivity index (χ1n) is 7.27. The Morgan fingerprint density at radius 3 is 1.75 bits per heavy atom. The number of hydrogen-bond donors (Lipinski definition) is 1. The molecular weight excluding hydrogens is 265 g/mol. The number of alkyl halides is 3. The van der Waals surface area contributed by atoms with Crippen molar-refractivity contribution < 1.29 is 18.3 Å². The van der Waals surface area contributed by atoms with Crippen LogP contribution in [0.1, 0.15) is 56.2 Å². The molecule has 0 aliphatic rings. The third kappa shape index (κ3) is 5.43. The normalized spacial score (nSPS) is 11.8. The average molecular weight is 288 g/mol. The van der Waals surface area contributed by atoms with Gasteiger partial charge in [0.05, 0.1) is 6.42 Å². The third-order valence-electron chi connectivity index (χ3n) is 3.33. The van der Waals surface area contributed by atoms with Crippen LogP contribution in [0.3, 0.4) is 0 Å². The number of aromatic hydroxyl groups is 1. The molecular formula is C16H23F3O. The number of aryl methyl sites for hydroxylation is 2. The number of benzene rings is 1. The summed E-state index contributed by atoms with van der Waals surface area (Å²) in [4.78, 5) is 0. The summed E-state index contributed by atoms with van der Waals surface area (Å²) in [6.45, 7) is 4.04. The van der Waals surface area contributed by atoms with Gasteiger partial charge in [-0.25, -0.2) is 0 Å². The van der Waals surface area contributed by atoms with E-state index >= 15 is 0 Å². The molecule has 0 aliphatic carbocycles. The Balaban J connectivity index is 3.05. The first-order chi connectivity index (χ1) is 9.37. The van der Waals surface area contributed by atoms with Crippen molar-refractivity contribution in [1.29, 1.82) is 0 Å². The van der Waals surface area contributed by atoms with E-state index < -0.39 is 12.6 Å². The lowest BCUT2D eigenvalue weighted by Crippen LogP contribution is -2.12. The largest absolute Gasteiger partial charge is 0.507 e. The van der Waals surface area contributed by atoms with Crippen molar-refractivity contribution in [2.24, 2.45) is 0 Å². The molecule has 0 saturated carbocycles. The smallest absolute Gasteiger partial charge is 0.393 e. The molecule has 0 bridgehead atoms. The van der Waals surface area contributed by atoms with Gasteiger partial charge in [0.25, 0.3) is 0 Å². The van der Waals surface area contributed by atoms with Crippen LogP contribution in [-0.2, 0) is 19.3 Å². The second kappa shape index (κ2) is 7.55. The number of unbranched alkanes of at least 4 members (excludes halogenated alkanes) is 2. The highest BCUT2D eigenvalue weighted by Gasteiger charge is 2.28. The van der Waals surface area contributed by atoms with Crippen LogP contribution in [0.2, 0.25) is 0 Å². The highest BCUT2D eigenvalue weighted by atomic mass is 19.4. The summed E-state index contributed by atoms with van der Waals surface area (Å²) in [5, 5.41) is 10.2. The van der Waals surface area contributed by atoms with Gasteiger partial charge in [0.1, 0.15) is 5.75 Å². The minimum absolute atomic E-state index is 0.192. The Labute approximate surface area is 118 Å². The zero-order valence-corrected chi connectivity index (χ0v) is 12.2. The molecule has 0 amide bonds. The highest BCUT2D eigenvalue weighted by Crippen LogP contribution is 2.30. The Bertz CT molecular complexity index is 395. The second-order valence-electron chi connectivity index (χ2n) is 5.26. The highest BCUT2D eigenvalue weighted by molar-refractivity contribution is 5.44.